The Bertz CT molecular complexity index is 1180. The molecule has 8 heteroatoms. The normalized spacial score (nSPS) is 11.0. The molecule has 0 atom stereocenters. The molecule has 0 saturated heterocycles. The number of benzene rings is 2. The molecule has 0 spiro atoms. The van der Waals surface area contributed by atoms with Gasteiger partial charge in [0.1, 0.15) is 16.4 Å². The van der Waals surface area contributed by atoms with Crippen LogP contribution in [0.3, 0.4) is 0 Å². The highest BCUT2D eigenvalue weighted by atomic mass is 35.5. The van der Waals surface area contributed by atoms with Gasteiger partial charge < -0.3 is 10.1 Å². The van der Waals surface area contributed by atoms with Crippen molar-refractivity contribution < 1.29 is 13.9 Å². The summed E-state index contributed by atoms with van der Waals surface area (Å²) in [6.07, 6.45) is 0. The molecule has 0 radical (unpaired) electrons. The number of nitrogens with zero attached hydrogens (tertiary/aromatic N) is 2. The first-order valence-corrected chi connectivity index (χ1v) is 9.55. The molecule has 28 heavy (non-hydrogen) atoms. The maximum absolute atomic E-state index is 13.2. The van der Waals surface area contributed by atoms with Crippen LogP contribution >= 0.6 is 22.9 Å². The Morgan fingerprint density at radius 3 is 2.64 bits per heavy atom. The predicted octanol–water partition coefficient (Wildman–Crippen LogP) is 5.45. The second-order valence-corrected chi connectivity index (χ2v) is 7.54. The molecule has 0 aliphatic carbocycles. The van der Waals surface area contributed by atoms with Crippen LogP contribution < -0.4 is 10.1 Å². The molecule has 2 heterocycles. The van der Waals surface area contributed by atoms with Crippen molar-refractivity contribution in [2.45, 2.75) is 6.92 Å². The van der Waals surface area contributed by atoms with Gasteiger partial charge in [0.05, 0.1) is 28.4 Å². The fourth-order valence-electron chi connectivity index (χ4n) is 2.85. The minimum atomic E-state index is -0.312. The molecule has 4 rings (SSSR count). The summed E-state index contributed by atoms with van der Waals surface area (Å²) < 4.78 is 20.1. The molecule has 1 amide bonds. The number of halogens is 2. The number of fused-ring (bicyclic) bond motifs is 1. The zero-order chi connectivity index (χ0) is 19.8. The van der Waals surface area contributed by atoms with Crippen molar-refractivity contribution in [2.75, 3.05) is 12.4 Å². The summed E-state index contributed by atoms with van der Waals surface area (Å²) >= 11 is 7.43. The number of rotatable bonds is 4. The van der Waals surface area contributed by atoms with Gasteiger partial charge in [0.15, 0.2) is 0 Å². The number of carbonyl (C=O) groups is 1. The van der Waals surface area contributed by atoms with Crippen LogP contribution in [-0.2, 0) is 0 Å². The Balaban J connectivity index is 1.66. The van der Waals surface area contributed by atoms with Crippen molar-refractivity contribution >= 4 is 44.7 Å². The van der Waals surface area contributed by atoms with E-state index < -0.39 is 0 Å². The molecule has 0 fully saturated rings. The maximum atomic E-state index is 13.2. The number of carbonyl (C=O) groups excluding carboxylic acids is 1. The molecule has 4 aromatic rings. The van der Waals surface area contributed by atoms with E-state index >= 15 is 0 Å². The van der Waals surface area contributed by atoms with E-state index in [4.69, 9.17) is 16.3 Å². The molecule has 2 aromatic heterocycles. The second kappa shape index (κ2) is 7.26. The molecule has 2 aromatic carbocycles. The van der Waals surface area contributed by atoms with Gasteiger partial charge in [0, 0.05) is 11.1 Å². The van der Waals surface area contributed by atoms with Gasteiger partial charge in [-0.15, -0.1) is 11.3 Å². The summed E-state index contributed by atoms with van der Waals surface area (Å²) in [7, 11) is 1.53. The predicted molar refractivity (Wildman–Crippen MR) is 110 cm³/mol. The van der Waals surface area contributed by atoms with Crippen molar-refractivity contribution in [3.8, 4) is 11.4 Å². The van der Waals surface area contributed by atoms with Gasteiger partial charge >= 0.3 is 0 Å². The lowest BCUT2D eigenvalue weighted by Gasteiger charge is -2.07. The lowest BCUT2D eigenvalue weighted by Crippen LogP contribution is -2.10. The van der Waals surface area contributed by atoms with Crippen LogP contribution in [0.4, 0.5) is 10.1 Å². The third kappa shape index (κ3) is 3.34. The van der Waals surface area contributed by atoms with Crippen molar-refractivity contribution in [2.24, 2.45) is 0 Å². The van der Waals surface area contributed by atoms with Crippen LogP contribution in [-0.4, -0.2) is 22.8 Å². The summed E-state index contributed by atoms with van der Waals surface area (Å²) in [6, 6.07) is 12.9. The standard InChI is InChI=1S/C20H15ClFN3O2S/c1-11-15-10-18(19(26)23-13-5-8-17(27-2)16(21)9-13)28-20(15)25(24-11)14-6-3-12(22)4-7-14/h3-10H,1-2H3,(H,23,26). The SMILES string of the molecule is COc1ccc(NC(=O)c2cc3c(C)nn(-c4ccc(F)cc4)c3s2)cc1Cl. The number of hydrogen-bond donors (Lipinski definition) is 1. The number of nitrogens with one attached hydrogen (secondary N) is 1. The van der Waals surface area contributed by atoms with E-state index in [1.54, 1.807) is 35.0 Å². The Hall–Kier alpha value is -2.90. The third-order valence-electron chi connectivity index (χ3n) is 4.25. The topological polar surface area (TPSA) is 56.1 Å². The van der Waals surface area contributed by atoms with E-state index in [0.29, 0.717) is 21.3 Å². The minimum Gasteiger partial charge on any atom is -0.495 e. The highest BCUT2D eigenvalue weighted by Crippen LogP contribution is 2.32. The number of methoxy groups -OCH3 is 1. The second-order valence-electron chi connectivity index (χ2n) is 6.11. The van der Waals surface area contributed by atoms with Gasteiger partial charge in [-0.2, -0.15) is 5.10 Å². The van der Waals surface area contributed by atoms with Crippen molar-refractivity contribution in [3.05, 3.63) is 69.9 Å². The van der Waals surface area contributed by atoms with E-state index in [-0.39, 0.29) is 11.7 Å². The van der Waals surface area contributed by atoms with Crippen LogP contribution in [0.25, 0.3) is 15.9 Å². The molecule has 0 aliphatic rings. The molecule has 0 unspecified atom stereocenters. The summed E-state index contributed by atoms with van der Waals surface area (Å²) in [5.74, 6) is -0.0164. The van der Waals surface area contributed by atoms with Crippen LogP contribution in [0.2, 0.25) is 5.02 Å². The number of thiophene rings is 1. The molecule has 0 aliphatic heterocycles. The fraction of sp³-hybridized carbons (Fsp3) is 0.100. The van der Waals surface area contributed by atoms with Crippen LogP contribution in [0.1, 0.15) is 15.4 Å². The van der Waals surface area contributed by atoms with Crippen LogP contribution in [0, 0.1) is 12.7 Å². The van der Waals surface area contributed by atoms with Gasteiger partial charge in [0.25, 0.3) is 5.91 Å². The van der Waals surface area contributed by atoms with E-state index in [0.717, 1.165) is 21.6 Å². The van der Waals surface area contributed by atoms with Gasteiger partial charge in [-0.25, -0.2) is 9.07 Å². The first kappa shape index (κ1) is 18.5. The van der Waals surface area contributed by atoms with E-state index in [2.05, 4.69) is 10.4 Å². The Labute approximate surface area is 169 Å². The summed E-state index contributed by atoms with van der Waals surface area (Å²) in [5, 5.41) is 8.64. The van der Waals surface area contributed by atoms with Crippen molar-refractivity contribution in [3.63, 3.8) is 0 Å². The average molecular weight is 416 g/mol. The highest BCUT2D eigenvalue weighted by Gasteiger charge is 2.17. The lowest BCUT2D eigenvalue weighted by molar-refractivity contribution is 0.103. The lowest BCUT2D eigenvalue weighted by atomic mass is 10.2. The average Bonchev–Trinajstić information content (AvgIpc) is 3.24. The number of anilines is 1. The molecular weight excluding hydrogens is 401 g/mol. The van der Waals surface area contributed by atoms with Crippen molar-refractivity contribution in [1.82, 2.24) is 9.78 Å². The maximum Gasteiger partial charge on any atom is 0.265 e. The molecule has 142 valence electrons. The number of hydrogen-bond acceptors (Lipinski definition) is 4. The van der Waals surface area contributed by atoms with E-state index in [1.807, 2.05) is 13.0 Å². The number of ether oxygens (including phenoxy) is 1. The Kier molecular flexibility index (Phi) is 4.78. The third-order valence-corrected chi connectivity index (χ3v) is 5.65. The number of aryl methyl sites for hydroxylation is 1. The summed E-state index contributed by atoms with van der Waals surface area (Å²) in [6.45, 7) is 1.88. The van der Waals surface area contributed by atoms with Crippen molar-refractivity contribution in [1.29, 1.82) is 0 Å². The molecule has 1 N–H and O–H groups in total. The molecule has 0 saturated carbocycles. The highest BCUT2D eigenvalue weighted by molar-refractivity contribution is 7.20. The van der Waals surface area contributed by atoms with Crippen LogP contribution in [0.5, 0.6) is 5.75 Å². The number of aromatic nitrogens is 2. The monoisotopic (exact) mass is 415 g/mol. The van der Waals surface area contributed by atoms with Crippen LogP contribution in [0.15, 0.2) is 48.5 Å². The molecule has 5 nitrogen and oxygen atoms in total. The smallest absolute Gasteiger partial charge is 0.265 e. The van der Waals surface area contributed by atoms with Gasteiger partial charge in [-0.05, 0) is 55.5 Å². The minimum absolute atomic E-state index is 0.243. The number of amides is 1. The fourth-order valence-corrected chi connectivity index (χ4v) is 4.19. The summed E-state index contributed by atoms with van der Waals surface area (Å²) in [5.41, 5.74) is 2.10. The zero-order valence-electron chi connectivity index (χ0n) is 15.0. The molecule has 0 bridgehead atoms. The molecular formula is C20H15ClFN3O2S. The summed E-state index contributed by atoms with van der Waals surface area (Å²) in [4.78, 5) is 14.1. The largest absolute Gasteiger partial charge is 0.495 e. The van der Waals surface area contributed by atoms with E-state index in [1.165, 1.54) is 30.6 Å². The van der Waals surface area contributed by atoms with Gasteiger partial charge in [-0.3, -0.25) is 4.79 Å². The van der Waals surface area contributed by atoms with Gasteiger partial charge in [0.2, 0.25) is 0 Å². The van der Waals surface area contributed by atoms with Gasteiger partial charge in [-0.1, -0.05) is 11.6 Å². The Morgan fingerprint density at radius 2 is 1.96 bits per heavy atom. The first-order chi connectivity index (χ1) is 13.5. The zero-order valence-corrected chi connectivity index (χ0v) is 16.6. The quantitative estimate of drug-likeness (QED) is 0.482. The van der Waals surface area contributed by atoms with E-state index in [9.17, 15) is 9.18 Å². The first-order valence-electron chi connectivity index (χ1n) is 8.36. The Morgan fingerprint density at radius 1 is 1.21 bits per heavy atom.